The number of rotatable bonds is 3. The predicted molar refractivity (Wildman–Crippen MR) is 63.0 cm³/mol. The van der Waals surface area contributed by atoms with Crippen molar-refractivity contribution in [2.45, 2.75) is 6.04 Å². The topological polar surface area (TPSA) is 81.0 Å². The molecule has 0 aliphatic carbocycles. The van der Waals surface area contributed by atoms with E-state index in [2.05, 4.69) is 14.9 Å². The van der Waals surface area contributed by atoms with E-state index in [1.165, 1.54) is 7.11 Å². The molecule has 5 heteroatoms. The van der Waals surface area contributed by atoms with Crippen LogP contribution in [-0.4, -0.2) is 23.3 Å². The third-order valence-corrected chi connectivity index (χ3v) is 2.46. The van der Waals surface area contributed by atoms with Gasteiger partial charge in [0, 0.05) is 5.56 Å². The fourth-order valence-corrected chi connectivity index (χ4v) is 1.51. The Morgan fingerprint density at radius 1 is 1.41 bits per heavy atom. The van der Waals surface area contributed by atoms with Crippen molar-refractivity contribution in [2.24, 2.45) is 5.73 Å². The SMILES string of the molecule is COC(=O)C(N)c1cc(-c2ccccc2)n[nH]1. The predicted octanol–water partition coefficient (Wildman–Crippen LogP) is 1.25. The maximum absolute atomic E-state index is 11.3. The van der Waals surface area contributed by atoms with Gasteiger partial charge in [-0.1, -0.05) is 30.3 Å². The normalized spacial score (nSPS) is 12.1. The summed E-state index contributed by atoms with van der Waals surface area (Å²) in [6.07, 6.45) is 0. The molecular weight excluding hydrogens is 218 g/mol. The number of aromatic amines is 1. The summed E-state index contributed by atoms with van der Waals surface area (Å²) in [6.45, 7) is 0. The van der Waals surface area contributed by atoms with E-state index < -0.39 is 12.0 Å². The van der Waals surface area contributed by atoms with Crippen LogP contribution in [-0.2, 0) is 9.53 Å². The van der Waals surface area contributed by atoms with Gasteiger partial charge in [0.05, 0.1) is 18.5 Å². The molecule has 5 nitrogen and oxygen atoms in total. The second-order valence-corrected chi connectivity index (χ2v) is 3.58. The largest absolute Gasteiger partial charge is 0.468 e. The third-order valence-electron chi connectivity index (χ3n) is 2.46. The van der Waals surface area contributed by atoms with Gasteiger partial charge in [0.15, 0.2) is 0 Å². The molecule has 88 valence electrons. The molecule has 2 aromatic rings. The number of hydrogen-bond acceptors (Lipinski definition) is 4. The molecule has 0 aliphatic heterocycles. The summed E-state index contributed by atoms with van der Waals surface area (Å²) < 4.78 is 4.57. The molecule has 0 aliphatic rings. The first-order chi connectivity index (χ1) is 8.22. The van der Waals surface area contributed by atoms with Crippen molar-refractivity contribution in [3.8, 4) is 11.3 Å². The first-order valence-corrected chi connectivity index (χ1v) is 5.16. The Bertz CT molecular complexity index is 507. The Morgan fingerprint density at radius 3 is 2.76 bits per heavy atom. The molecule has 1 unspecified atom stereocenters. The van der Waals surface area contributed by atoms with Crippen molar-refractivity contribution < 1.29 is 9.53 Å². The van der Waals surface area contributed by atoms with Gasteiger partial charge in [-0.15, -0.1) is 0 Å². The smallest absolute Gasteiger partial charge is 0.328 e. The van der Waals surface area contributed by atoms with E-state index in [0.717, 1.165) is 11.3 Å². The number of nitrogens with zero attached hydrogens (tertiary/aromatic N) is 1. The zero-order valence-electron chi connectivity index (χ0n) is 9.38. The lowest BCUT2D eigenvalue weighted by Gasteiger charge is -2.05. The molecule has 0 radical (unpaired) electrons. The summed E-state index contributed by atoms with van der Waals surface area (Å²) in [5.74, 6) is -0.492. The number of carbonyl (C=O) groups is 1. The van der Waals surface area contributed by atoms with Gasteiger partial charge >= 0.3 is 5.97 Å². The van der Waals surface area contributed by atoms with E-state index in [1.54, 1.807) is 6.07 Å². The molecule has 0 bridgehead atoms. The molecule has 0 saturated heterocycles. The summed E-state index contributed by atoms with van der Waals surface area (Å²) in [6, 6.07) is 10.6. The summed E-state index contributed by atoms with van der Waals surface area (Å²) >= 11 is 0. The Hall–Kier alpha value is -2.14. The number of nitrogens with two attached hydrogens (primary N) is 1. The van der Waals surface area contributed by atoms with Crippen molar-refractivity contribution in [1.29, 1.82) is 0 Å². The van der Waals surface area contributed by atoms with Crippen LogP contribution >= 0.6 is 0 Å². The number of aromatic nitrogens is 2. The highest BCUT2D eigenvalue weighted by molar-refractivity contribution is 5.77. The summed E-state index contributed by atoms with van der Waals surface area (Å²) in [5.41, 5.74) is 7.95. The van der Waals surface area contributed by atoms with E-state index in [0.29, 0.717) is 5.69 Å². The highest BCUT2D eigenvalue weighted by Crippen LogP contribution is 2.19. The number of benzene rings is 1. The Morgan fingerprint density at radius 2 is 2.12 bits per heavy atom. The van der Waals surface area contributed by atoms with Crippen LogP contribution in [0.1, 0.15) is 11.7 Å². The van der Waals surface area contributed by atoms with Gasteiger partial charge in [0.25, 0.3) is 0 Å². The second-order valence-electron chi connectivity index (χ2n) is 3.58. The molecule has 0 fully saturated rings. The number of methoxy groups -OCH3 is 1. The lowest BCUT2D eigenvalue weighted by molar-refractivity contribution is -0.142. The molecule has 17 heavy (non-hydrogen) atoms. The zero-order chi connectivity index (χ0) is 12.3. The Kier molecular flexibility index (Phi) is 3.20. The van der Waals surface area contributed by atoms with Crippen LogP contribution in [0.3, 0.4) is 0 Å². The van der Waals surface area contributed by atoms with Gasteiger partial charge in [-0.25, -0.2) is 4.79 Å². The molecule has 1 heterocycles. The highest BCUT2D eigenvalue weighted by atomic mass is 16.5. The second kappa shape index (κ2) is 4.80. The van der Waals surface area contributed by atoms with Crippen LogP contribution in [0.4, 0.5) is 0 Å². The van der Waals surface area contributed by atoms with E-state index in [4.69, 9.17) is 5.73 Å². The van der Waals surface area contributed by atoms with E-state index in [9.17, 15) is 4.79 Å². The maximum Gasteiger partial charge on any atom is 0.328 e. The first kappa shape index (κ1) is 11.3. The van der Waals surface area contributed by atoms with Crippen LogP contribution < -0.4 is 5.73 Å². The van der Waals surface area contributed by atoms with Gasteiger partial charge < -0.3 is 10.5 Å². The van der Waals surface area contributed by atoms with Gasteiger partial charge in [-0.2, -0.15) is 5.10 Å². The summed E-state index contributed by atoms with van der Waals surface area (Å²) in [7, 11) is 1.30. The summed E-state index contributed by atoms with van der Waals surface area (Å²) in [5, 5.41) is 6.85. The lowest BCUT2D eigenvalue weighted by atomic mass is 10.1. The fourth-order valence-electron chi connectivity index (χ4n) is 1.51. The molecule has 2 rings (SSSR count). The van der Waals surface area contributed by atoms with E-state index in [-0.39, 0.29) is 0 Å². The van der Waals surface area contributed by atoms with Crippen LogP contribution in [0.25, 0.3) is 11.3 Å². The van der Waals surface area contributed by atoms with Gasteiger partial charge in [0.1, 0.15) is 6.04 Å². The number of H-pyrrole nitrogens is 1. The van der Waals surface area contributed by atoms with Crippen molar-refractivity contribution in [2.75, 3.05) is 7.11 Å². The van der Waals surface area contributed by atoms with E-state index >= 15 is 0 Å². The van der Waals surface area contributed by atoms with Gasteiger partial charge in [0.2, 0.25) is 0 Å². The molecule has 0 spiro atoms. The molecule has 0 saturated carbocycles. The van der Waals surface area contributed by atoms with Crippen molar-refractivity contribution >= 4 is 5.97 Å². The molecule has 1 aromatic carbocycles. The van der Waals surface area contributed by atoms with E-state index in [1.807, 2.05) is 30.3 Å². The first-order valence-electron chi connectivity index (χ1n) is 5.16. The Labute approximate surface area is 98.6 Å². The van der Waals surface area contributed by atoms with Crippen LogP contribution in [0.15, 0.2) is 36.4 Å². The number of esters is 1. The zero-order valence-corrected chi connectivity index (χ0v) is 9.38. The fraction of sp³-hybridized carbons (Fsp3) is 0.167. The quantitative estimate of drug-likeness (QED) is 0.779. The molecular formula is C12H13N3O2. The minimum absolute atomic E-state index is 0.492. The molecule has 3 N–H and O–H groups in total. The van der Waals surface area contributed by atoms with Crippen LogP contribution in [0.5, 0.6) is 0 Å². The van der Waals surface area contributed by atoms with Crippen LogP contribution in [0.2, 0.25) is 0 Å². The van der Waals surface area contributed by atoms with Gasteiger partial charge in [-0.3, -0.25) is 5.10 Å². The monoisotopic (exact) mass is 231 g/mol. The average Bonchev–Trinajstić information content (AvgIpc) is 2.87. The number of nitrogens with one attached hydrogen (secondary N) is 1. The maximum atomic E-state index is 11.3. The Balaban J connectivity index is 2.25. The molecule has 1 aromatic heterocycles. The van der Waals surface area contributed by atoms with Crippen molar-refractivity contribution in [1.82, 2.24) is 10.2 Å². The summed E-state index contributed by atoms with van der Waals surface area (Å²) in [4.78, 5) is 11.3. The molecule has 1 atom stereocenters. The lowest BCUT2D eigenvalue weighted by Crippen LogP contribution is -2.22. The third kappa shape index (κ3) is 2.34. The minimum atomic E-state index is -0.829. The van der Waals surface area contributed by atoms with Gasteiger partial charge in [-0.05, 0) is 6.07 Å². The average molecular weight is 231 g/mol. The number of hydrogen-bond donors (Lipinski definition) is 2. The highest BCUT2D eigenvalue weighted by Gasteiger charge is 2.18. The number of ether oxygens (including phenoxy) is 1. The van der Waals surface area contributed by atoms with Crippen molar-refractivity contribution in [3.63, 3.8) is 0 Å². The minimum Gasteiger partial charge on any atom is -0.468 e. The van der Waals surface area contributed by atoms with Crippen LogP contribution in [0, 0.1) is 0 Å². The molecule has 0 amide bonds. The standard InChI is InChI=1S/C12H13N3O2/c1-17-12(16)11(13)10-7-9(14-15-10)8-5-3-2-4-6-8/h2-7,11H,13H2,1H3,(H,14,15). The van der Waals surface area contributed by atoms with Crippen molar-refractivity contribution in [3.05, 3.63) is 42.1 Å². The number of carbonyl (C=O) groups excluding carboxylic acids is 1.